The second-order valence-electron chi connectivity index (χ2n) is 24.0. The van der Waals surface area contributed by atoms with E-state index in [2.05, 4.69) is 30.2 Å². The van der Waals surface area contributed by atoms with E-state index in [4.69, 9.17) is 62.6 Å². The molecule has 0 radical (unpaired) electrons. The number of pyridine rings is 2. The van der Waals surface area contributed by atoms with Gasteiger partial charge >= 0.3 is 12.0 Å². The van der Waals surface area contributed by atoms with E-state index in [1.54, 1.807) is 12.4 Å². The molecule has 80 heavy (non-hydrogen) atoms. The highest BCUT2D eigenvalue weighted by Gasteiger charge is 2.64. The average molecular weight is 1120 g/mol. The van der Waals surface area contributed by atoms with Crippen LogP contribution in [-0.4, -0.2) is 151 Å². The van der Waals surface area contributed by atoms with E-state index in [-0.39, 0.29) is 46.7 Å². The summed E-state index contributed by atoms with van der Waals surface area (Å²) in [6, 6.07) is 24.1. The number of aliphatic hydroxyl groups excluding tert-OH is 1. The van der Waals surface area contributed by atoms with Gasteiger partial charge in [0.05, 0.1) is 28.0 Å². The molecule has 4 bridgehead atoms. The number of fused-ring (bicyclic) bond motifs is 10. The van der Waals surface area contributed by atoms with Crippen molar-refractivity contribution in [2.75, 3.05) is 62.2 Å². The summed E-state index contributed by atoms with van der Waals surface area (Å²) in [6.07, 6.45) is 10.7. The summed E-state index contributed by atoms with van der Waals surface area (Å²) in [6.45, 7) is 5.65. The molecule has 8 aliphatic heterocycles. The third-order valence-electron chi connectivity index (χ3n) is 19.4. The fourth-order valence-corrected chi connectivity index (χ4v) is 16.6. The largest absolute Gasteiger partial charge is 0.459 e. The fraction of sp³-hybridized carbons (Fsp3) is 0.443. The molecule has 12 heterocycles. The van der Waals surface area contributed by atoms with Crippen molar-refractivity contribution in [3.05, 3.63) is 107 Å². The third-order valence-corrected chi connectivity index (χ3v) is 20.1. The summed E-state index contributed by atoms with van der Waals surface area (Å²) in [5, 5.41) is 26.0. The van der Waals surface area contributed by atoms with Gasteiger partial charge in [-0.2, -0.15) is 19.9 Å². The molecular weight excluding hydrogens is 1060 g/mol. The van der Waals surface area contributed by atoms with Crippen molar-refractivity contribution in [2.45, 2.75) is 118 Å². The number of hydrogen-bond donors (Lipinski definition) is 3. The van der Waals surface area contributed by atoms with Crippen molar-refractivity contribution in [2.24, 2.45) is 0 Å². The molecule has 16 rings (SSSR count). The molecule has 15 nitrogen and oxygen atoms in total. The van der Waals surface area contributed by atoms with E-state index >= 15 is 8.78 Å². The van der Waals surface area contributed by atoms with Gasteiger partial charge in [0, 0.05) is 121 Å². The van der Waals surface area contributed by atoms with Gasteiger partial charge in [-0.3, -0.25) is 19.8 Å². The lowest BCUT2D eigenvalue weighted by molar-refractivity contribution is -0.0727. The number of piperazine rings is 2. The van der Waals surface area contributed by atoms with Crippen molar-refractivity contribution >= 4 is 78.2 Å². The molecule has 3 N–H and O–H groups in total. The molecule has 19 heteroatoms. The van der Waals surface area contributed by atoms with Gasteiger partial charge in [-0.05, 0) is 87.4 Å². The number of halogens is 4. The van der Waals surface area contributed by atoms with Gasteiger partial charge in [0.15, 0.2) is 11.6 Å². The average Bonchev–Trinajstić information content (AvgIpc) is 4.46. The smallest absolute Gasteiger partial charge is 0.319 e. The zero-order valence-corrected chi connectivity index (χ0v) is 45.6. The number of aromatic nitrogens is 6. The Morgan fingerprint density at radius 1 is 0.562 bits per heavy atom. The maximum absolute atomic E-state index is 17.4. The van der Waals surface area contributed by atoms with Crippen LogP contribution < -0.4 is 29.9 Å². The van der Waals surface area contributed by atoms with E-state index in [1.165, 1.54) is 0 Å². The Bertz CT molecular complexity index is 3570. The van der Waals surface area contributed by atoms with Crippen molar-refractivity contribution in [1.82, 2.24) is 50.3 Å². The van der Waals surface area contributed by atoms with Gasteiger partial charge in [-0.25, -0.2) is 8.78 Å². The lowest BCUT2D eigenvalue weighted by atomic mass is 9.73. The molecule has 8 aromatic rings. The summed E-state index contributed by atoms with van der Waals surface area (Å²) in [5.74, 6) is 0.108. The van der Waals surface area contributed by atoms with E-state index in [9.17, 15) is 5.11 Å². The Hall–Kier alpha value is -6.18. The number of anilines is 2. The number of nitrogens with one attached hydrogen (secondary N) is 2. The zero-order chi connectivity index (χ0) is 53.6. The van der Waals surface area contributed by atoms with Crippen LogP contribution in [0.25, 0.3) is 65.9 Å². The standard InChI is InChI=1S/C61H60Cl2F2N12O3/c62-45-13-3-9-33-7-1-11-41(47(33)45)51-49(64)53-43(25-66-51)55(74-27-35-15-16-36(28-74)68-35)72-58(70-53)79-39-23-60(19-5-21-76(60)31-39)57(78)61-20-6-22-77(61)32-40(24-61)80-59-71-54-44(56(73-59)75-29-37-17-18-38(30-75)69-37)26-67-52(50(54)65)42-12-2-8-34-10-4-14-46(63)48(34)42/h1-4,7-14,25-26,35-40,57,68-69,78H,5-6,15-24,27-32H2/t35-,36+,37-,38+,39?,40?,57?,60?,61?. The first-order valence-corrected chi connectivity index (χ1v) is 29.4. The highest BCUT2D eigenvalue weighted by molar-refractivity contribution is 6.37. The number of benzene rings is 4. The molecule has 8 fully saturated rings. The van der Waals surface area contributed by atoms with Gasteiger partial charge in [-0.1, -0.05) is 83.9 Å². The maximum atomic E-state index is 17.4. The molecule has 8 aliphatic rings. The first-order chi connectivity index (χ1) is 39.1. The topological polar surface area (TPSA) is 153 Å². The maximum Gasteiger partial charge on any atom is 0.319 e. The molecule has 8 saturated heterocycles. The van der Waals surface area contributed by atoms with E-state index in [0.717, 1.165) is 112 Å². The Labute approximate surface area is 471 Å². The predicted octanol–water partition coefficient (Wildman–Crippen LogP) is 9.50. The number of nitrogens with zero attached hydrogens (tertiary/aromatic N) is 10. The van der Waals surface area contributed by atoms with E-state index < -0.39 is 28.8 Å². The van der Waals surface area contributed by atoms with Crippen molar-refractivity contribution in [3.63, 3.8) is 0 Å². The summed E-state index contributed by atoms with van der Waals surface area (Å²) in [5.41, 5.74) is 0.596. The first kappa shape index (κ1) is 49.6. The summed E-state index contributed by atoms with van der Waals surface area (Å²) in [4.78, 5) is 38.9. The van der Waals surface area contributed by atoms with Gasteiger partial charge in [0.1, 0.15) is 46.3 Å². The van der Waals surface area contributed by atoms with Crippen LogP contribution in [0, 0.1) is 11.6 Å². The highest BCUT2D eigenvalue weighted by atomic mass is 35.5. The fourth-order valence-electron chi connectivity index (χ4n) is 16.1. The molecule has 4 aromatic carbocycles. The number of hydrogen-bond acceptors (Lipinski definition) is 15. The molecule has 0 amide bonds. The lowest BCUT2D eigenvalue weighted by Gasteiger charge is -2.47. The second-order valence-corrected chi connectivity index (χ2v) is 24.8. The highest BCUT2D eigenvalue weighted by Crippen LogP contribution is 2.53. The second kappa shape index (κ2) is 18.9. The van der Waals surface area contributed by atoms with Crippen LogP contribution in [0.5, 0.6) is 12.0 Å². The Morgan fingerprint density at radius 2 is 0.975 bits per heavy atom. The minimum absolute atomic E-state index is 0.111. The van der Waals surface area contributed by atoms with Crippen LogP contribution in [0.2, 0.25) is 10.0 Å². The predicted molar refractivity (Wildman–Crippen MR) is 306 cm³/mol. The summed E-state index contributed by atoms with van der Waals surface area (Å²) >= 11 is 13.6. The van der Waals surface area contributed by atoms with Crippen LogP contribution in [0.1, 0.15) is 64.2 Å². The van der Waals surface area contributed by atoms with Crippen molar-refractivity contribution in [1.29, 1.82) is 0 Å². The summed E-state index contributed by atoms with van der Waals surface area (Å²) < 4.78 is 48.7. The van der Waals surface area contributed by atoms with Gasteiger partial charge in [0.25, 0.3) is 0 Å². The van der Waals surface area contributed by atoms with Gasteiger partial charge < -0.3 is 35.0 Å². The van der Waals surface area contributed by atoms with Crippen molar-refractivity contribution < 1.29 is 23.4 Å². The minimum Gasteiger partial charge on any atom is -0.459 e. The minimum atomic E-state index is -0.756. The van der Waals surface area contributed by atoms with Crippen LogP contribution in [0.15, 0.2) is 85.2 Å². The van der Waals surface area contributed by atoms with Crippen LogP contribution in [0.4, 0.5) is 20.4 Å². The molecule has 4 unspecified atom stereocenters. The SMILES string of the molecule is OC(C12CCCN1CC(Oc1nc(N3C[C@H]4CC[C@@H](C3)N4)c3cnc(-c4cccc5cccc(Cl)c45)c(F)c3n1)C2)C12CCCN1CC(Oc1nc(N3C[C@H]4CC[C@@H](C3)N4)c3cnc(-c4cccc5cccc(Cl)c45)c(F)c3n1)C2. The Kier molecular flexibility index (Phi) is 11.7. The lowest BCUT2D eigenvalue weighted by Crippen LogP contribution is -2.62. The third kappa shape index (κ3) is 7.88. The van der Waals surface area contributed by atoms with E-state index in [1.807, 2.05) is 72.8 Å². The number of rotatable bonds is 10. The molecule has 0 saturated carbocycles. The molecule has 410 valence electrons. The zero-order valence-electron chi connectivity index (χ0n) is 44.1. The van der Waals surface area contributed by atoms with Crippen LogP contribution >= 0.6 is 23.2 Å². The monoisotopic (exact) mass is 1120 g/mol. The molecule has 8 atom stereocenters. The van der Waals surface area contributed by atoms with Crippen LogP contribution in [-0.2, 0) is 0 Å². The molecular formula is C61H60Cl2F2N12O3. The first-order valence-electron chi connectivity index (χ1n) is 28.7. The van der Waals surface area contributed by atoms with Gasteiger partial charge in [0.2, 0.25) is 0 Å². The Morgan fingerprint density at radius 3 is 1.40 bits per heavy atom. The van der Waals surface area contributed by atoms with Crippen molar-refractivity contribution in [3.8, 4) is 34.5 Å². The molecule has 0 aliphatic carbocycles. The molecule has 0 spiro atoms. The van der Waals surface area contributed by atoms with E-state index in [0.29, 0.717) is 93.7 Å². The quantitative estimate of drug-likeness (QED) is 0.119. The number of ether oxygens (including phenoxy) is 2. The normalized spacial score (nSPS) is 28.7. The number of aliphatic hydroxyl groups is 1. The Balaban J connectivity index is 0.712. The van der Waals surface area contributed by atoms with Crippen LogP contribution in [0.3, 0.4) is 0 Å². The molecule has 4 aromatic heterocycles. The summed E-state index contributed by atoms with van der Waals surface area (Å²) in [7, 11) is 0. The van der Waals surface area contributed by atoms with Gasteiger partial charge in [-0.15, -0.1) is 0 Å².